The maximum atomic E-state index is 10.9. The van der Waals surface area contributed by atoms with Crippen molar-refractivity contribution < 1.29 is 12.6 Å². The van der Waals surface area contributed by atoms with Crippen LogP contribution in [0.3, 0.4) is 0 Å². The molecule has 3 aromatic rings. The Morgan fingerprint density at radius 1 is 1.21 bits per heavy atom. The Labute approximate surface area is 168 Å². The summed E-state index contributed by atoms with van der Waals surface area (Å²) < 4.78 is 28.5. The topological polar surface area (TPSA) is 112 Å². The minimum Gasteiger partial charge on any atom is -0.379 e. The summed E-state index contributed by atoms with van der Waals surface area (Å²) in [7, 11) is -3.95. The van der Waals surface area contributed by atoms with Crippen molar-refractivity contribution in [2.75, 3.05) is 5.32 Å². The zero-order chi connectivity index (χ0) is 20.0. The molecule has 0 amide bonds. The second-order valence-electron chi connectivity index (χ2n) is 7.54. The number of rotatable bonds is 5. The van der Waals surface area contributed by atoms with Crippen LogP contribution in [-0.4, -0.2) is 23.0 Å². The third kappa shape index (κ3) is 3.47. The predicted molar refractivity (Wildman–Crippen MR) is 109 cm³/mol. The summed E-state index contributed by atoms with van der Waals surface area (Å²) in [6.45, 7) is 0. The normalized spacial score (nSPS) is 20.9. The Bertz CT molecular complexity index is 1210. The number of nitrogens with one attached hydrogen (secondary N) is 1. The number of nitrogens with two attached hydrogens (primary N) is 1. The average Bonchev–Trinajstić information content (AvgIpc) is 3.25. The Hall–Kier alpha value is -2.91. The average molecular weight is 411 g/mol. The fourth-order valence-electron chi connectivity index (χ4n) is 4.23. The molecule has 1 aromatic carbocycles. The van der Waals surface area contributed by atoms with Gasteiger partial charge in [-0.15, -0.1) is 0 Å². The molecule has 2 aliphatic carbocycles. The molecule has 1 fully saturated rings. The third-order valence-electron chi connectivity index (χ3n) is 5.69. The summed E-state index contributed by atoms with van der Waals surface area (Å²) >= 11 is 0. The summed E-state index contributed by atoms with van der Waals surface area (Å²) in [5.74, 6) is 0.836. The number of anilines is 1. The van der Waals surface area contributed by atoms with Crippen LogP contribution in [0.15, 0.2) is 54.7 Å². The van der Waals surface area contributed by atoms with E-state index < -0.39 is 10.3 Å². The zero-order valence-corrected chi connectivity index (χ0v) is 16.5. The number of hydrogen-bond acceptors (Lipinski definition) is 6. The predicted octanol–water partition coefficient (Wildman–Crippen LogP) is 2.97. The molecule has 9 heteroatoms. The molecule has 2 aliphatic rings. The molecule has 0 unspecified atom stereocenters. The minimum absolute atomic E-state index is 0.206. The molecule has 1 saturated carbocycles. The lowest BCUT2D eigenvalue weighted by Crippen LogP contribution is -2.21. The van der Waals surface area contributed by atoms with Gasteiger partial charge in [-0.2, -0.15) is 13.6 Å². The smallest absolute Gasteiger partial charge is 0.379 e. The third-order valence-corrected chi connectivity index (χ3v) is 6.06. The summed E-state index contributed by atoms with van der Waals surface area (Å²) in [5.41, 5.74) is 4.50. The van der Waals surface area contributed by atoms with E-state index in [1.807, 2.05) is 12.3 Å². The van der Waals surface area contributed by atoms with Crippen LogP contribution in [0, 0.1) is 0 Å². The first-order valence-corrected chi connectivity index (χ1v) is 11.0. The van der Waals surface area contributed by atoms with Gasteiger partial charge in [0.1, 0.15) is 24.1 Å². The highest BCUT2D eigenvalue weighted by Gasteiger charge is 2.28. The molecule has 3 N–H and O–H groups in total. The van der Waals surface area contributed by atoms with E-state index >= 15 is 0 Å². The molecular weight excluding hydrogens is 390 g/mol. The van der Waals surface area contributed by atoms with Gasteiger partial charge >= 0.3 is 10.3 Å². The molecule has 29 heavy (non-hydrogen) atoms. The zero-order valence-electron chi connectivity index (χ0n) is 15.7. The molecule has 1 atom stereocenters. The lowest BCUT2D eigenvalue weighted by Gasteiger charge is -2.30. The summed E-state index contributed by atoms with van der Waals surface area (Å²) in [5, 5.41) is 9.44. The minimum atomic E-state index is -3.95. The molecule has 0 radical (unpaired) electrons. The molecule has 150 valence electrons. The van der Waals surface area contributed by atoms with Crippen molar-refractivity contribution in [3.63, 3.8) is 0 Å². The number of fused-ring (bicyclic) bond motifs is 2. The van der Waals surface area contributed by atoms with Crippen LogP contribution in [0.5, 0.6) is 0 Å². The van der Waals surface area contributed by atoms with Crippen molar-refractivity contribution in [1.29, 1.82) is 0 Å². The van der Waals surface area contributed by atoms with Crippen LogP contribution in [0.2, 0.25) is 0 Å². The molecule has 0 bridgehead atoms. The van der Waals surface area contributed by atoms with Crippen LogP contribution in [0.4, 0.5) is 5.82 Å². The van der Waals surface area contributed by atoms with Gasteiger partial charge in [-0.1, -0.05) is 24.3 Å². The highest BCUT2D eigenvalue weighted by atomic mass is 32.2. The lowest BCUT2D eigenvalue weighted by molar-refractivity contribution is 0.381. The van der Waals surface area contributed by atoms with Gasteiger partial charge in [-0.3, -0.25) is 0 Å². The standard InChI is InChI=1S/C20H21N5O3S/c21-29(26,27)28-11-13-9-15(10-13)25-8-7-17-19(22-12-23-20(17)25)24-18-6-5-14-3-1-2-4-16(14)18/h1-4,7-8,11-12,15,18H,5-6,9-10H2,(H2,21,26,27)(H,22,23,24)/t15?,18-/m0/s1. The molecule has 8 nitrogen and oxygen atoms in total. The Morgan fingerprint density at radius 2 is 2.03 bits per heavy atom. The molecule has 0 aliphatic heterocycles. The molecular formula is C20H21N5O3S. The van der Waals surface area contributed by atoms with Gasteiger partial charge < -0.3 is 14.1 Å². The quantitative estimate of drug-likeness (QED) is 0.624. The first-order valence-electron chi connectivity index (χ1n) is 9.53. The largest absolute Gasteiger partial charge is 0.379 e. The van der Waals surface area contributed by atoms with Crippen molar-refractivity contribution in [3.8, 4) is 0 Å². The van der Waals surface area contributed by atoms with E-state index in [2.05, 4.69) is 48.3 Å². The summed E-state index contributed by atoms with van der Waals surface area (Å²) in [6.07, 6.45) is 8.34. The second kappa shape index (κ2) is 6.85. The molecule has 2 aromatic heterocycles. The van der Waals surface area contributed by atoms with Gasteiger partial charge in [-0.05, 0) is 48.4 Å². The Kier molecular flexibility index (Phi) is 4.29. The fraction of sp³-hybridized carbons (Fsp3) is 0.300. The molecule has 2 heterocycles. The first-order chi connectivity index (χ1) is 14.0. The van der Waals surface area contributed by atoms with Crippen LogP contribution < -0.4 is 10.5 Å². The number of hydrogen-bond donors (Lipinski definition) is 2. The van der Waals surface area contributed by atoms with E-state index in [9.17, 15) is 8.42 Å². The van der Waals surface area contributed by atoms with Crippen molar-refractivity contribution in [2.45, 2.75) is 37.8 Å². The van der Waals surface area contributed by atoms with E-state index in [1.54, 1.807) is 6.33 Å². The van der Waals surface area contributed by atoms with E-state index in [4.69, 9.17) is 5.14 Å². The van der Waals surface area contributed by atoms with Crippen LogP contribution in [0.1, 0.15) is 42.5 Å². The fourth-order valence-corrected chi connectivity index (χ4v) is 4.50. The van der Waals surface area contributed by atoms with E-state index in [0.29, 0.717) is 12.8 Å². The van der Waals surface area contributed by atoms with Crippen LogP contribution in [-0.2, 0) is 20.9 Å². The molecule has 0 spiro atoms. The lowest BCUT2D eigenvalue weighted by atomic mass is 9.87. The SMILES string of the molecule is NS(=O)(=O)OC=C1CC(n2ccc3c(N[C@H]4CCc5ccccc54)ncnc32)C1. The van der Waals surface area contributed by atoms with Crippen LogP contribution >= 0.6 is 0 Å². The van der Waals surface area contributed by atoms with Gasteiger partial charge in [0.2, 0.25) is 0 Å². The summed E-state index contributed by atoms with van der Waals surface area (Å²) in [6, 6.07) is 11.0. The number of benzene rings is 1. The number of nitrogens with zero attached hydrogens (tertiary/aromatic N) is 3. The molecule has 0 saturated heterocycles. The van der Waals surface area contributed by atoms with Gasteiger partial charge in [0.05, 0.1) is 11.4 Å². The maximum absolute atomic E-state index is 10.9. The van der Waals surface area contributed by atoms with Crippen molar-refractivity contribution in [3.05, 3.63) is 65.8 Å². The summed E-state index contributed by atoms with van der Waals surface area (Å²) in [4.78, 5) is 8.96. The maximum Gasteiger partial charge on any atom is 0.379 e. The molecule has 5 rings (SSSR count). The van der Waals surface area contributed by atoms with Crippen molar-refractivity contribution in [1.82, 2.24) is 14.5 Å². The van der Waals surface area contributed by atoms with Crippen molar-refractivity contribution in [2.24, 2.45) is 5.14 Å². The van der Waals surface area contributed by atoms with Gasteiger partial charge in [0.15, 0.2) is 0 Å². The highest BCUT2D eigenvalue weighted by molar-refractivity contribution is 7.84. The van der Waals surface area contributed by atoms with E-state index in [1.165, 1.54) is 17.4 Å². The number of aryl methyl sites for hydroxylation is 1. The van der Waals surface area contributed by atoms with Gasteiger partial charge in [-0.25, -0.2) is 9.97 Å². The van der Waals surface area contributed by atoms with Gasteiger partial charge in [0, 0.05) is 12.2 Å². The number of aromatic nitrogens is 3. The Balaban J connectivity index is 1.36. The monoisotopic (exact) mass is 411 g/mol. The van der Waals surface area contributed by atoms with Gasteiger partial charge in [0.25, 0.3) is 0 Å². The van der Waals surface area contributed by atoms with Crippen molar-refractivity contribution >= 4 is 27.2 Å². The van der Waals surface area contributed by atoms with E-state index in [-0.39, 0.29) is 12.1 Å². The number of allylic oxidation sites excluding steroid dienone is 1. The highest BCUT2D eigenvalue weighted by Crippen LogP contribution is 2.40. The van der Waals surface area contributed by atoms with Crippen LogP contribution in [0.25, 0.3) is 11.0 Å². The first kappa shape index (κ1) is 18.1. The van der Waals surface area contributed by atoms with E-state index in [0.717, 1.165) is 35.3 Å². The Morgan fingerprint density at radius 3 is 2.86 bits per heavy atom. The second-order valence-corrected chi connectivity index (χ2v) is 8.72.